The van der Waals surface area contributed by atoms with E-state index in [1.807, 2.05) is 22.6 Å². The maximum absolute atomic E-state index is 12.8. The maximum atomic E-state index is 12.8. The summed E-state index contributed by atoms with van der Waals surface area (Å²) in [5.74, 6) is -0.557. The van der Waals surface area contributed by atoms with Crippen LogP contribution in [0.2, 0.25) is 0 Å². The lowest BCUT2D eigenvalue weighted by molar-refractivity contribution is -0.139. The first-order chi connectivity index (χ1) is 7.47. The molecule has 16 heavy (non-hydrogen) atoms. The lowest BCUT2D eigenvalue weighted by atomic mass is 10.1. The predicted molar refractivity (Wildman–Crippen MR) is 65.3 cm³/mol. The molecule has 88 valence electrons. The minimum absolute atomic E-state index is 0.0572. The highest BCUT2D eigenvalue weighted by Gasteiger charge is 2.22. The molecule has 0 saturated heterocycles. The second-order valence-corrected chi connectivity index (χ2v) is 4.76. The number of ether oxygens (including phenoxy) is 1. The van der Waals surface area contributed by atoms with Crippen molar-refractivity contribution in [1.29, 1.82) is 0 Å². The third-order valence-corrected chi connectivity index (χ3v) is 3.46. The van der Waals surface area contributed by atoms with Crippen molar-refractivity contribution in [3.8, 4) is 0 Å². The molecule has 0 N–H and O–H groups in total. The van der Waals surface area contributed by atoms with Crippen LogP contribution in [-0.4, -0.2) is 18.1 Å². The fourth-order valence-electron chi connectivity index (χ4n) is 1.13. The Balaban J connectivity index is 3.23. The van der Waals surface area contributed by atoms with E-state index in [0.29, 0.717) is 3.57 Å². The second kappa shape index (κ2) is 5.85. The number of rotatable bonds is 3. The topological polar surface area (TPSA) is 39.2 Å². The molecule has 1 heterocycles. The van der Waals surface area contributed by atoms with Crippen LogP contribution in [-0.2, 0) is 16.0 Å². The molecule has 1 rings (SSSR count). The summed E-state index contributed by atoms with van der Waals surface area (Å²) >= 11 is 4.81. The Labute approximate surface area is 113 Å². The summed E-state index contributed by atoms with van der Waals surface area (Å²) in [5.41, 5.74) is 0.00150. The van der Waals surface area contributed by atoms with Gasteiger partial charge in [-0.1, -0.05) is 0 Å². The van der Waals surface area contributed by atoms with Gasteiger partial charge in [0.15, 0.2) is 0 Å². The Kier molecular flexibility index (Phi) is 5.03. The summed E-state index contributed by atoms with van der Waals surface area (Å²) in [6.45, 7) is 0. The van der Waals surface area contributed by atoms with E-state index in [-0.39, 0.29) is 22.2 Å². The largest absolute Gasteiger partial charge is 0.469 e. The van der Waals surface area contributed by atoms with Crippen LogP contribution in [0.4, 0.5) is 8.78 Å². The molecule has 0 atom stereocenters. The summed E-state index contributed by atoms with van der Waals surface area (Å²) in [6.07, 6.45) is -1.44. The Morgan fingerprint density at radius 3 is 2.81 bits per heavy atom. The number of aromatic nitrogens is 1. The van der Waals surface area contributed by atoms with Crippen LogP contribution in [0.1, 0.15) is 17.6 Å². The van der Waals surface area contributed by atoms with Crippen molar-refractivity contribution in [1.82, 2.24) is 4.98 Å². The summed E-state index contributed by atoms with van der Waals surface area (Å²) in [4.78, 5) is 14.9. The fraction of sp³-hybridized carbons (Fsp3) is 0.333. The second-order valence-electron chi connectivity index (χ2n) is 2.84. The van der Waals surface area contributed by atoms with Gasteiger partial charge in [0.2, 0.25) is 0 Å². The minimum atomic E-state index is -2.68. The van der Waals surface area contributed by atoms with Crippen molar-refractivity contribution in [3.05, 3.63) is 25.5 Å². The van der Waals surface area contributed by atoms with E-state index in [0.717, 1.165) is 0 Å². The molecule has 0 unspecified atom stereocenters. The molecule has 0 saturated carbocycles. The minimum Gasteiger partial charge on any atom is -0.469 e. The molecule has 0 radical (unpaired) electrons. The molecule has 0 spiro atoms. The molecule has 0 amide bonds. The van der Waals surface area contributed by atoms with Crippen molar-refractivity contribution in [2.45, 2.75) is 12.8 Å². The SMILES string of the molecule is COC(=O)Cc1c(I)cnc(Br)c1C(F)F. The quantitative estimate of drug-likeness (QED) is 0.440. The number of hydrogen-bond acceptors (Lipinski definition) is 3. The molecule has 1 aromatic rings. The Hall–Kier alpha value is -0.310. The van der Waals surface area contributed by atoms with E-state index >= 15 is 0 Å². The summed E-state index contributed by atoms with van der Waals surface area (Å²) in [7, 11) is 1.22. The lowest BCUT2D eigenvalue weighted by Crippen LogP contribution is -2.10. The molecule has 0 fully saturated rings. The van der Waals surface area contributed by atoms with E-state index < -0.39 is 12.4 Å². The number of halogens is 4. The van der Waals surface area contributed by atoms with E-state index in [9.17, 15) is 13.6 Å². The first kappa shape index (κ1) is 13.8. The van der Waals surface area contributed by atoms with Crippen LogP contribution >= 0.6 is 38.5 Å². The number of pyridine rings is 1. The van der Waals surface area contributed by atoms with Gasteiger partial charge in [0, 0.05) is 9.77 Å². The highest BCUT2D eigenvalue weighted by Crippen LogP contribution is 2.32. The van der Waals surface area contributed by atoms with Crippen LogP contribution in [0.15, 0.2) is 10.8 Å². The molecular formula is C9H7BrF2INO2. The molecule has 0 aromatic carbocycles. The smallest absolute Gasteiger partial charge is 0.310 e. The maximum Gasteiger partial charge on any atom is 0.310 e. The molecule has 0 aliphatic rings. The van der Waals surface area contributed by atoms with Crippen LogP contribution < -0.4 is 0 Å². The van der Waals surface area contributed by atoms with E-state index in [2.05, 4.69) is 25.7 Å². The van der Waals surface area contributed by atoms with Crippen molar-refractivity contribution in [2.24, 2.45) is 0 Å². The average Bonchev–Trinajstić information content (AvgIpc) is 2.22. The van der Waals surface area contributed by atoms with E-state index in [1.54, 1.807) is 0 Å². The predicted octanol–water partition coefficient (Wildman–Crippen LogP) is 3.10. The van der Waals surface area contributed by atoms with Crippen LogP contribution in [0.5, 0.6) is 0 Å². The van der Waals surface area contributed by atoms with Crippen LogP contribution in [0, 0.1) is 3.57 Å². The molecule has 1 aromatic heterocycles. The number of carbonyl (C=O) groups is 1. The van der Waals surface area contributed by atoms with Crippen molar-refractivity contribution < 1.29 is 18.3 Å². The van der Waals surface area contributed by atoms with Gasteiger partial charge in [-0.3, -0.25) is 4.79 Å². The number of carbonyl (C=O) groups excluding carboxylic acids is 1. The van der Waals surface area contributed by atoms with Gasteiger partial charge in [0.05, 0.1) is 19.1 Å². The first-order valence-electron chi connectivity index (χ1n) is 4.15. The van der Waals surface area contributed by atoms with Gasteiger partial charge < -0.3 is 4.74 Å². The van der Waals surface area contributed by atoms with Gasteiger partial charge in [-0.2, -0.15) is 0 Å². The molecule has 0 bridgehead atoms. The average molecular weight is 406 g/mol. The van der Waals surface area contributed by atoms with Gasteiger partial charge in [0.1, 0.15) is 4.60 Å². The number of methoxy groups -OCH3 is 1. The Bertz CT molecular complexity index is 415. The van der Waals surface area contributed by atoms with E-state index in [1.165, 1.54) is 13.3 Å². The molecule has 0 aliphatic carbocycles. The van der Waals surface area contributed by atoms with Gasteiger partial charge in [-0.15, -0.1) is 0 Å². The molecular weight excluding hydrogens is 399 g/mol. The number of hydrogen-bond donors (Lipinski definition) is 0. The number of alkyl halides is 2. The fourth-order valence-corrected chi connectivity index (χ4v) is 2.27. The lowest BCUT2D eigenvalue weighted by Gasteiger charge is -2.11. The molecule has 0 aliphatic heterocycles. The highest BCUT2D eigenvalue weighted by molar-refractivity contribution is 14.1. The van der Waals surface area contributed by atoms with E-state index in [4.69, 9.17) is 0 Å². The molecule has 3 nitrogen and oxygen atoms in total. The van der Waals surface area contributed by atoms with Gasteiger partial charge in [-0.05, 0) is 44.1 Å². The van der Waals surface area contributed by atoms with Crippen LogP contribution in [0.25, 0.3) is 0 Å². The third kappa shape index (κ3) is 3.09. The zero-order valence-corrected chi connectivity index (χ0v) is 11.9. The normalized spacial score (nSPS) is 10.6. The monoisotopic (exact) mass is 405 g/mol. The van der Waals surface area contributed by atoms with Gasteiger partial charge in [-0.25, -0.2) is 13.8 Å². The number of nitrogens with zero attached hydrogens (tertiary/aromatic N) is 1. The van der Waals surface area contributed by atoms with Gasteiger partial charge >= 0.3 is 5.97 Å². The summed E-state index contributed by atoms with van der Waals surface area (Å²) < 4.78 is 30.6. The standard InChI is InChI=1S/C9H7BrF2INO2/c1-16-6(15)2-4-5(13)3-14-8(10)7(4)9(11)12/h3,9H,2H2,1H3. The third-order valence-electron chi connectivity index (χ3n) is 1.89. The Morgan fingerprint density at radius 1 is 1.69 bits per heavy atom. The Morgan fingerprint density at radius 2 is 2.31 bits per heavy atom. The van der Waals surface area contributed by atoms with Crippen LogP contribution in [0.3, 0.4) is 0 Å². The molecule has 7 heteroatoms. The summed E-state index contributed by atoms with van der Waals surface area (Å²) in [5, 5.41) is 0. The van der Waals surface area contributed by atoms with Crippen molar-refractivity contribution >= 4 is 44.5 Å². The number of esters is 1. The van der Waals surface area contributed by atoms with Crippen molar-refractivity contribution in [2.75, 3.05) is 7.11 Å². The van der Waals surface area contributed by atoms with Gasteiger partial charge in [0.25, 0.3) is 6.43 Å². The highest BCUT2D eigenvalue weighted by atomic mass is 127. The van der Waals surface area contributed by atoms with Crippen molar-refractivity contribution in [3.63, 3.8) is 0 Å². The zero-order chi connectivity index (χ0) is 12.3. The summed E-state index contributed by atoms with van der Waals surface area (Å²) in [6, 6.07) is 0. The zero-order valence-electron chi connectivity index (χ0n) is 8.14. The first-order valence-corrected chi connectivity index (χ1v) is 6.02.